The number of hydrogen-bond donors (Lipinski definition) is 0. The minimum Gasteiger partial charge on any atom is -0.300 e. The van der Waals surface area contributed by atoms with Crippen molar-refractivity contribution >= 4 is 11.6 Å². The third-order valence-corrected chi connectivity index (χ3v) is 3.33. The van der Waals surface area contributed by atoms with Gasteiger partial charge in [-0.25, -0.2) is 0 Å². The van der Waals surface area contributed by atoms with Crippen LogP contribution in [-0.2, 0) is 4.79 Å². The Labute approximate surface area is 119 Å². The van der Waals surface area contributed by atoms with Gasteiger partial charge >= 0.3 is 0 Å². The topological polar surface area (TPSA) is 34.1 Å². The van der Waals surface area contributed by atoms with Crippen LogP contribution in [0.2, 0.25) is 0 Å². The number of carbonyl (C=O) groups is 2. The molecule has 2 heteroatoms. The van der Waals surface area contributed by atoms with Gasteiger partial charge in [-0.2, -0.15) is 0 Å². The molecule has 0 radical (unpaired) electrons. The average molecular weight is 266 g/mol. The third-order valence-electron chi connectivity index (χ3n) is 3.33. The van der Waals surface area contributed by atoms with E-state index in [0.717, 1.165) is 5.56 Å². The van der Waals surface area contributed by atoms with Crippen molar-refractivity contribution in [2.45, 2.75) is 25.7 Å². The summed E-state index contributed by atoms with van der Waals surface area (Å²) in [4.78, 5) is 23.7. The Morgan fingerprint density at radius 1 is 0.850 bits per heavy atom. The fourth-order valence-corrected chi connectivity index (χ4v) is 2.35. The van der Waals surface area contributed by atoms with E-state index in [1.54, 1.807) is 6.92 Å². The molecule has 20 heavy (non-hydrogen) atoms. The van der Waals surface area contributed by atoms with E-state index in [2.05, 4.69) is 0 Å². The van der Waals surface area contributed by atoms with Gasteiger partial charge in [0.25, 0.3) is 0 Å². The highest BCUT2D eigenvalue weighted by Crippen LogP contribution is 2.25. The first-order valence-corrected chi connectivity index (χ1v) is 6.79. The fourth-order valence-electron chi connectivity index (χ4n) is 2.35. The maximum atomic E-state index is 12.3. The van der Waals surface area contributed by atoms with Crippen molar-refractivity contribution in [3.8, 4) is 0 Å². The Kier molecular flexibility index (Phi) is 4.83. The van der Waals surface area contributed by atoms with E-state index in [-0.39, 0.29) is 17.5 Å². The summed E-state index contributed by atoms with van der Waals surface area (Å²) < 4.78 is 0. The van der Waals surface area contributed by atoms with Crippen LogP contribution in [0, 0.1) is 0 Å². The zero-order valence-corrected chi connectivity index (χ0v) is 11.6. The van der Waals surface area contributed by atoms with Gasteiger partial charge in [-0.1, -0.05) is 60.7 Å². The summed E-state index contributed by atoms with van der Waals surface area (Å²) in [5.74, 6) is 0.154. The maximum Gasteiger partial charge on any atom is 0.163 e. The Bertz CT molecular complexity index is 573. The molecule has 0 aromatic heterocycles. The SMILES string of the molecule is CC(=O)C[C@@H](CC(=O)c1ccccc1)c1ccccc1. The van der Waals surface area contributed by atoms with Gasteiger partial charge in [-0.15, -0.1) is 0 Å². The van der Waals surface area contributed by atoms with Gasteiger partial charge in [0.05, 0.1) is 0 Å². The van der Waals surface area contributed by atoms with Crippen molar-refractivity contribution in [2.24, 2.45) is 0 Å². The summed E-state index contributed by atoms with van der Waals surface area (Å²) in [6, 6.07) is 19.0. The second-order valence-electron chi connectivity index (χ2n) is 5.01. The second kappa shape index (κ2) is 6.80. The number of Topliss-reactive ketones (excluding diaryl/α,β-unsaturated/α-hetero) is 2. The molecule has 0 aliphatic heterocycles. The van der Waals surface area contributed by atoms with E-state index in [9.17, 15) is 9.59 Å². The molecule has 0 saturated carbocycles. The Balaban J connectivity index is 2.16. The van der Waals surface area contributed by atoms with E-state index in [4.69, 9.17) is 0 Å². The van der Waals surface area contributed by atoms with E-state index in [1.165, 1.54) is 0 Å². The maximum absolute atomic E-state index is 12.3. The van der Waals surface area contributed by atoms with E-state index in [1.807, 2.05) is 60.7 Å². The predicted molar refractivity (Wildman–Crippen MR) is 79.9 cm³/mol. The van der Waals surface area contributed by atoms with Crippen molar-refractivity contribution in [2.75, 3.05) is 0 Å². The van der Waals surface area contributed by atoms with Crippen LogP contribution in [0.25, 0.3) is 0 Å². The molecule has 2 aromatic rings. The molecule has 0 aliphatic rings. The van der Waals surface area contributed by atoms with Gasteiger partial charge < -0.3 is 4.79 Å². The van der Waals surface area contributed by atoms with Crippen LogP contribution in [-0.4, -0.2) is 11.6 Å². The van der Waals surface area contributed by atoms with Crippen LogP contribution >= 0.6 is 0 Å². The third kappa shape index (κ3) is 3.89. The lowest BCUT2D eigenvalue weighted by atomic mass is 9.88. The number of ketones is 2. The van der Waals surface area contributed by atoms with Gasteiger partial charge in [-0.3, -0.25) is 4.79 Å². The first-order valence-electron chi connectivity index (χ1n) is 6.79. The molecule has 1 atom stereocenters. The van der Waals surface area contributed by atoms with Gasteiger partial charge in [-0.05, 0) is 18.4 Å². The van der Waals surface area contributed by atoms with Crippen LogP contribution < -0.4 is 0 Å². The number of rotatable bonds is 6. The Morgan fingerprint density at radius 2 is 1.40 bits per heavy atom. The molecule has 0 heterocycles. The monoisotopic (exact) mass is 266 g/mol. The van der Waals surface area contributed by atoms with E-state index < -0.39 is 0 Å². The lowest BCUT2D eigenvalue weighted by Crippen LogP contribution is -2.10. The highest BCUT2D eigenvalue weighted by molar-refractivity contribution is 5.96. The first kappa shape index (κ1) is 14.2. The molecule has 0 spiro atoms. The average Bonchev–Trinajstić information content (AvgIpc) is 2.48. The number of benzene rings is 2. The smallest absolute Gasteiger partial charge is 0.163 e. The zero-order chi connectivity index (χ0) is 14.4. The Hall–Kier alpha value is -2.22. The highest BCUT2D eigenvalue weighted by Gasteiger charge is 2.18. The molecule has 0 bridgehead atoms. The lowest BCUT2D eigenvalue weighted by molar-refractivity contribution is -0.117. The Morgan fingerprint density at radius 3 is 1.95 bits per heavy atom. The quantitative estimate of drug-likeness (QED) is 0.740. The predicted octanol–water partition coefficient (Wildman–Crippen LogP) is 4.02. The van der Waals surface area contributed by atoms with Gasteiger partial charge in [0, 0.05) is 18.4 Å². The van der Waals surface area contributed by atoms with Gasteiger partial charge in [0.2, 0.25) is 0 Å². The second-order valence-corrected chi connectivity index (χ2v) is 5.01. The van der Waals surface area contributed by atoms with Gasteiger partial charge in [0.1, 0.15) is 5.78 Å². The van der Waals surface area contributed by atoms with Crippen molar-refractivity contribution < 1.29 is 9.59 Å². The van der Waals surface area contributed by atoms with Crippen LogP contribution in [0.15, 0.2) is 60.7 Å². The fraction of sp³-hybridized carbons (Fsp3) is 0.222. The molecule has 102 valence electrons. The minimum absolute atomic E-state index is 0.0404. The molecular weight excluding hydrogens is 248 g/mol. The summed E-state index contributed by atoms with van der Waals surface area (Å²) in [5.41, 5.74) is 1.75. The molecule has 0 fully saturated rings. The molecular formula is C18H18O2. The summed E-state index contributed by atoms with van der Waals surface area (Å²) in [5, 5.41) is 0. The minimum atomic E-state index is -0.0404. The van der Waals surface area contributed by atoms with Crippen molar-refractivity contribution in [1.29, 1.82) is 0 Å². The lowest BCUT2D eigenvalue weighted by Gasteiger charge is -2.15. The highest BCUT2D eigenvalue weighted by atomic mass is 16.1. The van der Waals surface area contributed by atoms with Crippen molar-refractivity contribution in [3.05, 3.63) is 71.8 Å². The van der Waals surface area contributed by atoms with Crippen molar-refractivity contribution in [1.82, 2.24) is 0 Å². The van der Waals surface area contributed by atoms with Crippen LogP contribution in [0.3, 0.4) is 0 Å². The van der Waals surface area contributed by atoms with Crippen LogP contribution in [0.4, 0.5) is 0 Å². The summed E-state index contributed by atoms with van der Waals surface area (Å²) >= 11 is 0. The summed E-state index contributed by atoms with van der Waals surface area (Å²) in [7, 11) is 0. The molecule has 0 N–H and O–H groups in total. The molecule has 0 saturated heterocycles. The first-order chi connectivity index (χ1) is 9.66. The summed E-state index contributed by atoms with van der Waals surface area (Å²) in [6.45, 7) is 1.57. The van der Waals surface area contributed by atoms with Crippen molar-refractivity contribution in [3.63, 3.8) is 0 Å². The molecule has 2 aromatic carbocycles. The molecule has 0 aliphatic carbocycles. The molecule has 0 unspecified atom stereocenters. The van der Waals surface area contributed by atoms with Crippen LogP contribution in [0.1, 0.15) is 41.6 Å². The molecule has 2 rings (SSSR count). The number of hydrogen-bond acceptors (Lipinski definition) is 2. The zero-order valence-electron chi connectivity index (χ0n) is 11.6. The molecule has 0 amide bonds. The largest absolute Gasteiger partial charge is 0.300 e. The normalized spacial score (nSPS) is 11.8. The standard InChI is InChI=1S/C18H18O2/c1-14(19)12-17(15-8-4-2-5-9-15)13-18(20)16-10-6-3-7-11-16/h2-11,17H,12-13H2,1H3/t17-/m0/s1. The number of carbonyl (C=O) groups excluding carboxylic acids is 2. The summed E-state index contributed by atoms with van der Waals surface area (Å²) in [6.07, 6.45) is 0.774. The molecule has 2 nitrogen and oxygen atoms in total. The van der Waals surface area contributed by atoms with E-state index in [0.29, 0.717) is 18.4 Å². The van der Waals surface area contributed by atoms with Gasteiger partial charge in [0.15, 0.2) is 5.78 Å². The van der Waals surface area contributed by atoms with Crippen LogP contribution in [0.5, 0.6) is 0 Å². The van der Waals surface area contributed by atoms with E-state index >= 15 is 0 Å².